The molecule has 3 N–H and O–H groups in total. The van der Waals surface area contributed by atoms with E-state index >= 15 is 0 Å². The summed E-state index contributed by atoms with van der Waals surface area (Å²) in [6.45, 7) is 0. The highest BCUT2D eigenvalue weighted by molar-refractivity contribution is 7.11. The topological polar surface area (TPSA) is 120 Å². The van der Waals surface area contributed by atoms with Crippen molar-refractivity contribution in [1.29, 1.82) is 0 Å². The first-order valence-electron chi connectivity index (χ1n) is 12.5. The number of aryl methyl sites for hydroxylation is 2. The molecule has 0 saturated carbocycles. The summed E-state index contributed by atoms with van der Waals surface area (Å²) in [5.41, 5.74) is 7.07. The summed E-state index contributed by atoms with van der Waals surface area (Å²) in [5, 5.41) is 12.0. The van der Waals surface area contributed by atoms with Crippen LogP contribution in [0.4, 0.5) is 23.2 Å². The average Bonchev–Trinajstić information content (AvgIpc) is 3.36. The molecule has 2 heterocycles. The number of hydrogen-bond donors (Lipinski definition) is 2. The molecule has 214 valence electrons. The van der Waals surface area contributed by atoms with Gasteiger partial charge in [0.05, 0.1) is 17.8 Å². The second-order valence-electron chi connectivity index (χ2n) is 9.07. The third-order valence-corrected chi connectivity index (χ3v) is 6.96. The Morgan fingerprint density at radius 3 is 2.49 bits per heavy atom. The molecule has 0 aliphatic heterocycles. The number of anilines is 1. The van der Waals surface area contributed by atoms with Gasteiger partial charge in [0.1, 0.15) is 27.5 Å². The van der Waals surface area contributed by atoms with E-state index in [9.17, 15) is 27.2 Å². The second-order valence-corrected chi connectivity index (χ2v) is 10.2. The van der Waals surface area contributed by atoms with Gasteiger partial charge < -0.3 is 15.8 Å². The van der Waals surface area contributed by atoms with E-state index in [1.165, 1.54) is 35.6 Å². The monoisotopic (exact) mass is 587 g/mol. The maximum Gasteiger partial charge on any atom is 0.573 e. The van der Waals surface area contributed by atoms with E-state index in [4.69, 9.17) is 5.73 Å². The van der Waals surface area contributed by atoms with Crippen LogP contribution in [-0.4, -0.2) is 33.4 Å². The van der Waals surface area contributed by atoms with Crippen molar-refractivity contribution in [2.24, 2.45) is 5.73 Å². The first kappa shape index (κ1) is 29.6. The van der Waals surface area contributed by atoms with E-state index in [-0.39, 0.29) is 17.7 Å². The number of halogens is 4. The van der Waals surface area contributed by atoms with E-state index in [0.717, 1.165) is 35.5 Å². The summed E-state index contributed by atoms with van der Waals surface area (Å²) in [6.07, 6.45) is -0.837. The Bertz CT molecular complexity index is 1500. The molecule has 2 aromatic carbocycles. The van der Waals surface area contributed by atoms with Crippen molar-refractivity contribution < 1.29 is 31.9 Å². The summed E-state index contributed by atoms with van der Waals surface area (Å²) < 4.78 is 55.7. The van der Waals surface area contributed by atoms with Gasteiger partial charge in [-0.15, -0.1) is 34.7 Å². The first-order valence-corrected chi connectivity index (χ1v) is 13.3. The summed E-state index contributed by atoms with van der Waals surface area (Å²) in [7, 11) is 0. The van der Waals surface area contributed by atoms with Crippen LogP contribution in [0.5, 0.6) is 5.75 Å². The fourth-order valence-electron chi connectivity index (χ4n) is 4.08. The zero-order valence-electron chi connectivity index (χ0n) is 21.5. The molecule has 0 saturated heterocycles. The van der Waals surface area contributed by atoms with Crippen molar-refractivity contribution in [2.75, 3.05) is 5.32 Å². The molecule has 0 radical (unpaired) electrons. The number of rotatable bonds is 12. The van der Waals surface area contributed by atoms with Gasteiger partial charge in [-0.25, -0.2) is 4.39 Å². The van der Waals surface area contributed by atoms with Gasteiger partial charge in [0.2, 0.25) is 11.8 Å². The summed E-state index contributed by atoms with van der Waals surface area (Å²) in [6, 6.07) is 14.7. The minimum absolute atomic E-state index is 0.0280. The van der Waals surface area contributed by atoms with Gasteiger partial charge in [0.25, 0.3) is 0 Å². The van der Waals surface area contributed by atoms with E-state index in [1.54, 1.807) is 30.5 Å². The Morgan fingerprint density at radius 1 is 0.976 bits per heavy atom. The van der Waals surface area contributed by atoms with Crippen molar-refractivity contribution in [2.45, 2.75) is 44.4 Å². The SMILES string of the molecule is NC(=O)C(c1ccccn1)c1nnc(CCCCc2ccc(NC(=O)Cc3cccc(OC(F)(F)F)c3)c(F)c2)s1. The molecular weight excluding hydrogens is 562 g/mol. The van der Waals surface area contributed by atoms with Crippen molar-refractivity contribution in [3.05, 3.63) is 99.5 Å². The molecule has 0 fully saturated rings. The molecule has 2 aromatic heterocycles. The maximum atomic E-state index is 14.6. The summed E-state index contributed by atoms with van der Waals surface area (Å²) in [4.78, 5) is 28.5. The van der Waals surface area contributed by atoms with Crippen LogP contribution in [0.15, 0.2) is 66.9 Å². The molecule has 0 aliphatic carbocycles. The van der Waals surface area contributed by atoms with E-state index in [1.807, 2.05) is 0 Å². The van der Waals surface area contributed by atoms with Crippen LogP contribution in [0.25, 0.3) is 0 Å². The molecular formula is C28H25F4N5O3S. The Labute approximate surface area is 236 Å². The van der Waals surface area contributed by atoms with Gasteiger partial charge in [-0.1, -0.05) is 24.3 Å². The molecule has 4 rings (SSSR count). The Kier molecular flexibility index (Phi) is 9.61. The maximum absolute atomic E-state index is 14.6. The number of unbranched alkanes of at least 4 members (excludes halogenated alkanes) is 1. The van der Waals surface area contributed by atoms with Crippen LogP contribution < -0.4 is 15.8 Å². The van der Waals surface area contributed by atoms with Crippen molar-refractivity contribution in [3.8, 4) is 5.75 Å². The molecule has 0 spiro atoms. The number of hydrogen-bond acceptors (Lipinski definition) is 7. The second kappa shape index (κ2) is 13.3. The molecule has 0 bridgehead atoms. The van der Waals surface area contributed by atoms with Crippen LogP contribution in [0.1, 0.15) is 45.6 Å². The minimum atomic E-state index is -4.84. The minimum Gasteiger partial charge on any atom is -0.406 e. The molecule has 1 atom stereocenters. The average molecular weight is 588 g/mol. The zero-order valence-corrected chi connectivity index (χ0v) is 22.3. The number of nitrogens with one attached hydrogen (secondary N) is 1. The fourth-order valence-corrected chi connectivity index (χ4v) is 5.08. The van der Waals surface area contributed by atoms with Crippen LogP contribution >= 0.6 is 11.3 Å². The quantitative estimate of drug-likeness (QED) is 0.171. The Morgan fingerprint density at radius 2 is 1.78 bits per heavy atom. The number of carbonyl (C=O) groups excluding carboxylic acids is 2. The fraction of sp³-hybridized carbons (Fsp3) is 0.250. The molecule has 13 heteroatoms. The summed E-state index contributed by atoms with van der Waals surface area (Å²) >= 11 is 1.30. The highest BCUT2D eigenvalue weighted by Gasteiger charge is 2.31. The van der Waals surface area contributed by atoms with Gasteiger partial charge >= 0.3 is 6.36 Å². The van der Waals surface area contributed by atoms with E-state index in [0.29, 0.717) is 23.5 Å². The predicted molar refractivity (Wildman–Crippen MR) is 144 cm³/mol. The highest BCUT2D eigenvalue weighted by atomic mass is 32.1. The van der Waals surface area contributed by atoms with Gasteiger partial charge in [-0.2, -0.15) is 0 Å². The van der Waals surface area contributed by atoms with Gasteiger partial charge in [0, 0.05) is 12.6 Å². The molecule has 4 aromatic rings. The smallest absolute Gasteiger partial charge is 0.406 e. The highest BCUT2D eigenvalue weighted by Crippen LogP contribution is 2.27. The third-order valence-electron chi connectivity index (χ3n) is 5.91. The largest absolute Gasteiger partial charge is 0.573 e. The van der Waals surface area contributed by atoms with Crippen LogP contribution in [0.2, 0.25) is 0 Å². The zero-order chi connectivity index (χ0) is 29.4. The number of pyridine rings is 1. The molecule has 0 aliphatic rings. The number of ether oxygens (including phenoxy) is 1. The van der Waals surface area contributed by atoms with E-state index < -0.39 is 35.7 Å². The molecule has 41 heavy (non-hydrogen) atoms. The number of alkyl halides is 3. The van der Waals surface area contributed by atoms with Crippen molar-refractivity contribution in [3.63, 3.8) is 0 Å². The van der Waals surface area contributed by atoms with Crippen molar-refractivity contribution >= 4 is 28.8 Å². The van der Waals surface area contributed by atoms with E-state index in [2.05, 4.69) is 25.2 Å². The van der Waals surface area contributed by atoms with Crippen molar-refractivity contribution in [1.82, 2.24) is 15.2 Å². The first-order chi connectivity index (χ1) is 19.6. The lowest BCUT2D eigenvalue weighted by molar-refractivity contribution is -0.274. The third kappa shape index (κ3) is 8.80. The molecule has 1 unspecified atom stereocenters. The molecule has 8 nitrogen and oxygen atoms in total. The van der Waals surface area contributed by atoms with Gasteiger partial charge in [-0.05, 0) is 66.8 Å². The standard InChI is InChI=1S/C28H25F4N5O3S/c29-20-15-17(11-12-21(20)35-23(38)16-18-7-5-8-19(14-18)40-28(30,31)32)6-1-2-10-24-36-37-27(41-24)25(26(33)39)22-9-3-4-13-34-22/h3-5,7-9,11-15,25H,1-2,6,10,16H2,(H2,33,39)(H,35,38). The van der Waals surface area contributed by atoms with Crippen LogP contribution in [0, 0.1) is 5.82 Å². The number of primary amides is 1. The number of carbonyl (C=O) groups is 2. The number of benzene rings is 2. The number of aromatic nitrogens is 3. The lowest BCUT2D eigenvalue weighted by Crippen LogP contribution is -2.23. The normalized spacial score (nSPS) is 12.1. The number of amides is 2. The van der Waals surface area contributed by atoms with Gasteiger partial charge in [-0.3, -0.25) is 14.6 Å². The number of nitrogens with two attached hydrogens (primary N) is 1. The predicted octanol–water partition coefficient (Wildman–Crippen LogP) is 5.33. The lowest BCUT2D eigenvalue weighted by atomic mass is 10.1. The summed E-state index contributed by atoms with van der Waals surface area (Å²) in [5.74, 6) is -2.97. The number of nitrogens with zero attached hydrogens (tertiary/aromatic N) is 3. The van der Waals surface area contributed by atoms with Crippen LogP contribution in [-0.2, 0) is 28.9 Å². The van der Waals surface area contributed by atoms with Crippen LogP contribution in [0.3, 0.4) is 0 Å². The lowest BCUT2D eigenvalue weighted by Gasteiger charge is -2.11. The Hall–Kier alpha value is -4.39. The molecule has 2 amide bonds. The Balaban J connectivity index is 1.25. The van der Waals surface area contributed by atoms with Gasteiger partial charge in [0.15, 0.2) is 0 Å².